The van der Waals surface area contributed by atoms with Crippen LogP contribution in [0.25, 0.3) is 0 Å². The average molecular weight is 201 g/mol. The highest BCUT2D eigenvalue weighted by Gasteiger charge is 2.07. The third-order valence-corrected chi connectivity index (χ3v) is 1.97. The summed E-state index contributed by atoms with van der Waals surface area (Å²) in [6, 6.07) is 10.9. The zero-order valence-corrected chi connectivity index (χ0v) is 8.22. The lowest BCUT2D eigenvalue weighted by atomic mass is 10.2. The fourth-order valence-corrected chi connectivity index (χ4v) is 1.25. The highest BCUT2D eigenvalue weighted by molar-refractivity contribution is 5.31. The SMILES string of the molecule is N#CCN(CC#N)Cc1ccccc1O. The van der Waals surface area contributed by atoms with Gasteiger partial charge in [0.05, 0.1) is 25.2 Å². The lowest BCUT2D eigenvalue weighted by Crippen LogP contribution is -2.23. The first-order valence-corrected chi connectivity index (χ1v) is 4.51. The van der Waals surface area contributed by atoms with E-state index in [0.717, 1.165) is 5.56 Å². The molecular weight excluding hydrogens is 190 g/mol. The third-order valence-electron chi connectivity index (χ3n) is 1.97. The molecule has 0 aliphatic heterocycles. The van der Waals surface area contributed by atoms with Gasteiger partial charge in [0, 0.05) is 12.1 Å². The molecule has 0 heterocycles. The first-order valence-electron chi connectivity index (χ1n) is 4.51. The summed E-state index contributed by atoms with van der Waals surface area (Å²) in [7, 11) is 0. The van der Waals surface area contributed by atoms with Crippen molar-refractivity contribution >= 4 is 0 Å². The summed E-state index contributed by atoms with van der Waals surface area (Å²) < 4.78 is 0. The van der Waals surface area contributed by atoms with E-state index >= 15 is 0 Å². The van der Waals surface area contributed by atoms with E-state index in [1.165, 1.54) is 0 Å². The Balaban J connectivity index is 2.71. The molecule has 0 saturated carbocycles. The summed E-state index contributed by atoms with van der Waals surface area (Å²) in [6.07, 6.45) is 0. The smallest absolute Gasteiger partial charge is 0.120 e. The molecule has 0 unspecified atom stereocenters. The fraction of sp³-hybridized carbons (Fsp3) is 0.273. The van der Waals surface area contributed by atoms with Crippen LogP contribution in [0, 0.1) is 22.7 Å². The summed E-state index contributed by atoms with van der Waals surface area (Å²) in [5, 5.41) is 26.6. The maximum absolute atomic E-state index is 9.50. The van der Waals surface area contributed by atoms with E-state index in [0.29, 0.717) is 6.54 Å². The molecule has 4 nitrogen and oxygen atoms in total. The normalized spacial score (nSPS) is 9.53. The Labute approximate surface area is 88.6 Å². The van der Waals surface area contributed by atoms with Crippen molar-refractivity contribution in [2.24, 2.45) is 0 Å². The first-order chi connectivity index (χ1) is 7.27. The molecule has 0 aliphatic carbocycles. The number of rotatable bonds is 4. The maximum atomic E-state index is 9.50. The quantitative estimate of drug-likeness (QED) is 0.744. The van der Waals surface area contributed by atoms with Gasteiger partial charge < -0.3 is 5.11 Å². The van der Waals surface area contributed by atoms with Crippen LogP contribution < -0.4 is 0 Å². The van der Waals surface area contributed by atoms with E-state index in [4.69, 9.17) is 10.5 Å². The van der Waals surface area contributed by atoms with Crippen LogP contribution in [0.2, 0.25) is 0 Å². The van der Waals surface area contributed by atoms with Gasteiger partial charge in [-0.25, -0.2) is 0 Å². The number of hydrogen-bond donors (Lipinski definition) is 1. The molecule has 0 spiro atoms. The molecule has 0 aliphatic rings. The van der Waals surface area contributed by atoms with Gasteiger partial charge in [0.25, 0.3) is 0 Å². The van der Waals surface area contributed by atoms with Gasteiger partial charge in [-0.3, -0.25) is 4.90 Å². The lowest BCUT2D eigenvalue weighted by molar-refractivity contribution is 0.327. The molecule has 1 rings (SSSR count). The average Bonchev–Trinajstić information content (AvgIpc) is 2.22. The third kappa shape index (κ3) is 3.30. The molecule has 0 atom stereocenters. The predicted octanol–water partition coefficient (Wildman–Crippen LogP) is 1.24. The van der Waals surface area contributed by atoms with Gasteiger partial charge in [0.15, 0.2) is 0 Å². The number of aromatic hydroxyl groups is 1. The lowest BCUT2D eigenvalue weighted by Gasteiger charge is -2.15. The molecule has 0 radical (unpaired) electrons. The van der Waals surface area contributed by atoms with E-state index < -0.39 is 0 Å². The second kappa shape index (κ2) is 5.64. The minimum absolute atomic E-state index is 0.182. The van der Waals surface area contributed by atoms with Gasteiger partial charge in [0.1, 0.15) is 5.75 Å². The summed E-state index contributed by atoms with van der Waals surface area (Å²) in [5.74, 6) is 0.193. The molecule has 0 saturated heterocycles. The van der Waals surface area contributed by atoms with Crippen LogP contribution in [-0.2, 0) is 6.54 Å². The van der Waals surface area contributed by atoms with Crippen LogP contribution in [0.5, 0.6) is 5.75 Å². The molecule has 15 heavy (non-hydrogen) atoms. The Morgan fingerprint density at radius 1 is 1.13 bits per heavy atom. The van der Waals surface area contributed by atoms with Crippen LogP contribution in [-0.4, -0.2) is 23.1 Å². The van der Waals surface area contributed by atoms with E-state index in [1.807, 2.05) is 18.2 Å². The Morgan fingerprint density at radius 3 is 2.27 bits per heavy atom. The largest absolute Gasteiger partial charge is 0.508 e. The minimum Gasteiger partial charge on any atom is -0.508 e. The summed E-state index contributed by atoms with van der Waals surface area (Å²) in [5.41, 5.74) is 0.725. The van der Waals surface area contributed by atoms with Gasteiger partial charge in [-0.05, 0) is 6.07 Å². The van der Waals surface area contributed by atoms with Crippen LogP contribution in [0.1, 0.15) is 5.56 Å². The van der Waals surface area contributed by atoms with Gasteiger partial charge in [-0.1, -0.05) is 18.2 Å². The number of nitrogens with zero attached hydrogens (tertiary/aromatic N) is 3. The van der Waals surface area contributed by atoms with Crippen molar-refractivity contribution < 1.29 is 5.11 Å². The monoisotopic (exact) mass is 201 g/mol. The molecular formula is C11H11N3O. The number of benzene rings is 1. The summed E-state index contributed by atoms with van der Waals surface area (Å²) >= 11 is 0. The molecule has 0 aromatic heterocycles. The van der Waals surface area contributed by atoms with Crippen LogP contribution in [0.4, 0.5) is 0 Å². The highest BCUT2D eigenvalue weighted by Crippen LogP contribution is 2.17. The molecule has 0 fully saturated rings. The zero-order valence-electron chi connectivity index (χ0n) is 8.22. The van der Waals surface area contributed by atoms with Crippen molar-refractivity contribution in [2.75, 3.05) is 13.1 Å². The topological polar surface area (TPSA) is 71.0 Å². The number of phenolic OH excluding ortho intramolecular Hbond substituents is 1. The summed E-state index contributed by atoms with van der Waals surface area (Å²) in [4.78, 5) is 1.66. The standard InChI is InChI=1S/C11H11N3O/c12-5-7-14(8-6-13)9-10-3-1-2-4-11(10)15/h1-4,15H,7-9H2. The number of para-hydroxylation sites is 1. The summed E-state index contributed by atoms with van der Waals surface area (Å²) in [6.45, 7) is 0.775. The van der Waals surface area contributed by atoms with Crippen molar-refractivity contribution in [3.63, 3.8) is 0 Å². The van der Waals surface area contributed by atoms with Crippen molar-refractivity contribution in [3.05, 3.63) is 29.8 Å². The Hall–Kier alpha value is -2.04. The number of nitriles is 2. The van der Waals surface area contributed by atoms with Gasteiger partial charge >= 0.3 is 0 Å². The zero-order chi connectivity index (χ0) is 11.1. The number of phenols is 1. The van der Waals surface area contributed by atoms with E-state index in [1.54, 1.807) is 23.1 Å². The Bertz CT molecular complexity index is 387. The second-order valence-corrected chi connectivity index (χ2v) is 3.09. The van der Waals surface area contributed by atoms with Crippen LogP contribution in [0.3, 0.4) is 0 Å². The molecule has 4 heteroatoms. The van der Waals surface area contributed by atoms with Gasteiger partial charge in [-0.15, -0.1) is 0 Å². The molecule has 76 valence electrons. The molecule has 1 aromatic carbocycles. The van der Waals surface area contributed by atoms with Crippen molar-refractivity contribution in [1.29, 1.82) is 10.5 Å². The molecule has 1 N–H and O–H groups in total. The van der Waals surface area contributed by atoms with E-state index in [2.05, 4.69) is 0 Å². The van der Waals surface area contributed by atoms with Crippen molar-refractivity contribution in [3.8, 4) is 17.9 Å². The predicted molar refractivity (Wildman–Crippen MR) is 54.6 cm³/mol. The molecule has 0 bridgehead atoms. The fourth-order valence-electron chi connectivity index (χ4n) is 1.25. The van der Waals surface area contributed by atoms with Gasteiger partial charge in [0.2, 0.25) is 0 Å². The van der Waals surface area contributed by atoms with Crippen LogP contribution in [0.15, 0.2) is 24.3 Å². The number of hydrogen-bond acceptors (Lipinski definition) is 4. The van der Waals surface area contributed by atoms with Crippen LogP contribution >= 0.6 is 0 Å². The Morgan fingerprint density at radius 2 is 1.73 bits per heavy atom. The van der Waals surface area contributed by atoms with Crippen molar-refractivity contribution in [2.45, 2.75) is 6.54 Å². The molecule has 1 aromatic rings. The van der Waals surface area contributed by atoms with Gasteiger partial charge in [-0.2, -0.15) is 10.5 Å². The minimum atomic E-state index is 0.182. The van der Waals surface area contributed by atoms with E-state index in [9.17, 15) is 5.11 Å². The van der Waals surface area contributed by atoms with Crippen molar-refractivity contribution in [1.82, 2.24) is 4.90 Å². The second-order valence-electron chi connectivity index (χ2n) is 3.09. The van der Waals surface area contributed by atoms with E-state index in [-0.39, 0.29) is 18.8 Å². The Kier molecular flexibility index (Phi) is 4.15. The highest BCUT2D eigenvalue weighted by atomic mass is 16.3. The maximum Gasteiger partial charge on any atom is 0.120 e. The first kappa shape index (κ1) is 11.0. The molecule has 0 amide bonds.